The van der Waals surface area contributed by atoms with Crippen molar-refractivity contribution in [1.29, 1.82) is 0 Å². The summed E-state index contributed by atoms with van der Waals surface area (Å²) in [5.74, 6) is 2.26. The molecule has 0 fully saturated rings. The molecule has 3 nitrogen and oxygen atoms in total. The second kappa shape index (κ2) is 5.41. The van der Waals surface area contributed by atoms with Gasteiger partial charge in [-0.15, -0.1) is 0 Å². The second-order valence-corrected chi connectivity index (χ2v) is 4.43. The Balaban J connectivity index is 2.35. The third-order valence-corrected chi connectivity index (χ3v) is 3.13. The van der Waals surface area contributed by atoms with Gasteiger partial charge in [0, 0.05) is 17.5 Å². The summed E-state index contributed by atoms with van der Waals surface area (Å²) in [5.41, 5.74) is 1.22. The summed E-state index contributed by atoms with van der Waals surface area (Å²) in [5, 5.41) is 3.52. The number of fused-ring (bicyclic) bond motifs is 1. The lowest BCUT2D eigenvalue weighted by molar-refractivity contribution is 0.179. The van der Waals surface area contributed by atoms with Gasteiger partial charge in [-0.3, -0.25) is 0 Å². The molecule has 1 aliphatic rings. The molecule has 2 atom stereocenters. The van der Waals surface area contributed by atoms with E-state index in [2.05, 4.69) is 25.2 Å². The maximum absolute atomic E-state index is 5.83. The average Bonchev–Trinajstić information content (AvgIpc) is 2.34. The van der Waals surface area contributed by atoms with Crippen LogP contribution in [0.15, 0.2) is 18.2 Å². The standard InChI is InChI=1S/C14H21NO2/c1-4-15-13-10(3)9-17-14-11(13)7-6-8-12(14)16-5-2/h6-8,10,13,15H,4-5,9H2,1-3H3. The Labute approximate surface area is 103 Å². The zero-order valence-corrected chi connectivity index (χ0v) is 10.8. The molecule has 1 aromatic rings. The van der Waals surface area contributed by atoms with Gasteiger partial charge in [-0.2, -0.15) is 0 Å². The fourth-order valence-corrected chi connectivity index (χ4v) is 2.35. The van der Waals surface area contributed by atoms with Crippen LogP contribution in [0.4, 0.5) is 0 Å². The number of hydrogen-bond donors (Lipinski definition) is 1. The number of ether oxygens (including phenoxy) is 2. The van der Waals surface area contributed by atoms with E-state index in [9.17, 15) is 0 Å². The number of para-hydroxylation sites is 1. The molecule has 0 amide bonds. The molecule has 0 saturated heterocycles. The van der Waals surface area contributed by atoms with Gasteiger partial charge >= 0.3 is 0 Å². The van der Waals surface area contributed by atoms with E-state index in [0.29, 0.717) is 18.6 Å². The molecule has 2 unspecified atom stereocenters. The minimum atomic E-state index is 0.365. The number of nitrogens with one attached hydrogen (secondary N) is 1. The Morgan fingerprint density at radius 1 is 1.41 bits per heavy atom. The summed E-state index contributed by atoms with van der Waals surface area (Å²) >= 11 is 0. The topological polar surface area (TPSA) is 30.5 Å². The van der Waals surface area contributed by atoms with Gasteiger partial charge in [-0.1, -0.05) is 26.0 Å². The summed E-state index contributed by atoms with van der Waals surface area (Å²) in [7, 11) is 0. The van der Waals surface area contributed by atoms with Crippen molar-refractivity contribution in [3.63, 3.8) is 0 Å². The van der Waals surface area contributed by atoms with Gasteiger partial charge in [0.25, 0.3) is 0 Å². The van der Waals surface area contributed by atoms with E-state index in [1.807, 2.05) is 19.1 Å². The Hall–Kier alpha value is -1.22. The zero-order valence-electron chi connectivity index (χ0n) is 10.8. The normalized spacial score (nSPS) is 22.8. The predicted molar refractivity (Wildman–Crippen MR) is 68.7 cm³/mol. The Morgan fingerprint density at radius 2 is 2.24 bits per heavy atom. The minimum Gasteiger partial charge on any atom is -0.490 e. The van der Waals surface area contributed by atoms with E-state index in [1.54, 1.807) is 0 Å². The summed E-state index contributed by atoms with van der Waals surface area (Å²) in [6.45, 7) is 8.72. The molecule has 1 aromatic carbocycles. The zero-order chi connectivity index (χ0) is 12.3. The molecule has 1 aliphatic heterocycles. The van der Waals surface area contributed by atoms with Crippen molar-refractivity contribution in [1.82, 2.24) is 5.32 Å². The van der Waals surface area contributed by atoms with Crippen LogP contribution in [0.25, 0.3) is 0 Å². The van der Waals surface area contributed by atoms with E-state index in [4.69, 9.17) is 9.47 Å². The van der Waals surface area contributed by atoms with Crippen LogP contribution in [0.2, 0.25) is 0 Å². The molecular weight excluding hydrogens is 214 g/mol. The van der Waals surface area contributed by atoms with Crippen LogP contribution in [0.5, 0.6) is 11.5 Å². The van der Waals surface area contributed by atoms with Gasteiger partial charge in [-0.05, 0) is 19.5 Å². The molecule has 0 radical (unpaired) electrons. The quantitative estimate of drug-likeness (QED) is 0.870. The van der Waals surface area contributed by atoms with Gasteiger partial charge in [-0.25, -0.2) is 0 Å². The molecule has 0 aliphatic carbocycles. The summed E-state index contributed by atoms with van der Waals surface area (Å²) in [6.07, 6.45) is 0. The first-order valence-electron chi connectivity index (χ1n) is 6.39. The molecular formula is C14H21NO2. The van der Waals surface area contributed by atoms with Crippen molar-refractivity contribution in [2.75, 3.05) is 19.8 Å². The van der Waals surface area contributed by atoms with E-state index in [-0.39, 0.29) is 0 Å². The van der Waals surface area contributed by atoms with Crippen molar-refractivity contribution in [3.05, 3.63) is 23.8 Å². The summed E-state index contributed by atoms with van der Waals surface area (Å²) in [6, 6.07) is 6.50. The highest BCUT2D eigenvalue weighted by atomic mass is 16.5. The van der Waals surface area contributed by atoms with Crippen LogP contribution >= 0.6 is 0 Å². The molecule has 17 heavy (non-hydrogen) atoms. The molecule has 1 N–H and O–H groups in total. The third kappa shape index (κ3) is 2.39. The minimum absolute atomic E-state index is 0.365. The Bertz CT molecular complexity index is 378. The lowest BCUT2D eigenvalue weighted by atomic mass is 9.92. The van der Waals surface area contributed by atoms with E-state index in [1.165, 1.54) is 5.56 Å². The number of benzene rings is 1. The molecule has 94 valence electrons. The molecule has 2 rings (SSSR count). The summed E-state index contributed by atoms with van der Waals surface area (Å²) < 4.78 is 11.4. The first-order valence-corrected chi connectivity index (χ1v) is 6.39. The predicted octanol–water partition coefficient (Wildman–Crippen LogP) is 2.76. The van der Waals surface area contributed by atoms with Crippen LogP contribution < -0.4 is 14.8 Å². The van der Waals surface area contributed by atoms with Gasteiger partial charge in [0.2, 0.25) is 0 Å². The number of hydrogen-bond acceptors (Lipinski definition) is 3. The highest BCUT2D eigenvalue weighted by Crippen LogP contribution is 2.41. The van der Waals surface area contributed by atoms with E-state index >= 15 is 0 Å². The Kier molecular flexibility index (Phi) is 3.89. The first kappa shape index (κ1) is 12.2. The fourth-order valence-electron chi connectivity index (χ4n) is 2.35. The van der Waals surface area contributed by atoms with Crippen molar-refractivity contribution >= 4 is 0 Å². The maximum atomic E-state index is 5.83. The fraction of sp³-hybridized carbons (Fsp3) is 0.571. The molecule has 0 spiro atoms. The van der Waals surface area contributed by atoms with Gasteiger partial charge in [0.05, 0.1) is 13.2 Å². The van der Waals surface area contributed by atoms with Crippen molar-refractivity contribution in [2.45, 2.75) is 26.8 Å². The smallest absolute Gasteiger partial charge is 0.165 e. The van der Waals surface area contributed by atoms with Gasteiger partial charge < -0.3 is 14.8 Å². The molecule has 0 bridgehead atoms. The van der Waals surface area contributed by atoms with Crippen LogP contribution in [0, 0.1) is 5.92 Å². The molecule has 1 heterocycles. The lowest BCUT2D eigenvalue weighted by Gasteiger charge is -2.32. The molecule has 0 aromatic heterocycles. The van der Waals surface area contributed by atoms with Gasteiger partial charge in [0.1, 0.15) is 0 Å². The third-order valence-electron chi connectivity index (χ3n) is 3.13. The Morgan fingerprint density at radius 3 is 2.94 bits per heavy atom. The molecule has 0 saturated carbocycles. The SMILES string of the molecule is CCNC1c2cccc(OCC)c2OCC1C. The van der Waals surface area contributed by atoms with Crippen LogP contribution in [-0.2, 0) is 0 Å². The molecule has 3 heteroatoms. The average molecular weight is 235 g/mol. The second-order valence-electron chi connectivity index (χ2n) is 4.43. The van der Waals surface area contributed by atoms with Crippen LogP contribution in [0.1, 0.15) is 32.4 Å². The van der Waals surface area contributed by atoms with Crippen LogP contribution in [-0.4, -0.2) is 19.8 Å². The van der Waals surface area contributed by atoms with Crippen molar-refractivity contribution in [3.8, 4) is 11.5 Å². The monoisotopic (exact) mass is 235 g/mol. The summed E-state index contributed by atoms with van der Waals surface area (Å²) in [4.78, 5) is 0. The highest BCUT2D eigenvalue weighted by molar-refractivity contribution is 5.49. The highest BCUT2D eigenvalue weighted by Gasteiger charge is 2.29. The van der Waals surface area contributed by atoms with Crippen LogP contribution in [0.3, 0.4) is 0 Å². The maximum Gasteiger partial charge on any atom is 0.165 e. The first-order chi connectivity index (χ1) is 8.27. The lowest BCUT2D eigenvalue weighted by Crippen LogP contribution is -2.34. The van der Waals surface area contributed by atoms with Crippen molar-refractivity contribution in [2.24, 2.45) is 5.92 Å². The largest absolute Gasteiger partial charge is 0.490 e. The van der Waals surface area contributed by atoms with Gasteiger partial charge in [0.15, 0.2) is 11.5 Å². The number of rotatable bonds is 4. The van der Waals surface area contributed by atoms with E-state index < -0.39 is 0 Å². The van der Waals surface area contributed by atoms with E-state index in [0.717, 1.165) is 24.7 Å². The van der Waals surface area contributed by atoms with Crippen molar-refractivity contribution < 1.29 is 9.47 Å².